The first-order valence-electron chi connectivity index (χ1n) is 6.06. The van der Waals surface area contributed by atoms with Gasteiger partial charge in [-0.05, 0) is 31.6 Å². The average Bonchev–Trinajstić information content (AvgIpc) is 2.83. The molecule has 2 rings (SSSR count). The van der Waals surface area contributed by atoms with Gasteiger partial charge in [-0.3, -0.25) is 0 Å². The van der Waals surface area contributed by atoms with Crippen LogP contribution in [-0.4, -0.2) is 34.0 Å². The maximum atomic E-state index is 9.03. The highest BCUT2D eigenvalue weighted by Gasteiger charge is 2.20. The third kappa shape index (κ3) is 3.32. The normalized spacial score (nSPS) is 25.8. The van der Waals surface area contributed by atoms with Crippen LogP contribution in [0, 0.1) is 5.92 Å². The van der Waals surface area contributed by atoms with E-state index in [1.807, 2.05) is 17.1 Å². The molecule has 0 unspecified atom stereocenters. The Bertz CT molecular complexity index is 279. The maximum Gasteiger partial charge on any atom is 0.0946 e. The molecule has 0 amide bonds. The third-order valence-corrected chi connectivity index (χ3v) is 3.31. The fraction of sp³-hybridized carbons (Fsp3) is 0.750. The first-order chi connectivity index (χ1) is 7.88. The van der Waals surface area contributed by atoms with Crippen molar-refractivity contribution in [2.75, 3.05) is 13.2 Å². The highest BCUT2D eigenvalue weighted by atomic mass is 16.5. The molecule has 0 bridgehead atoms. The third-order valence-electron chi connectivity index (χ3n) is 3.31. The summed E-state index contributed by atoms with van der Waals surface area (Å²) in [6.07, 6.45) is 10.3. The van der Waals surface area contributed by atoms with Gasteiger partial charge in [0.05, 0.1) is 19.0 Å². The van der Waals surface area contributed by atoms with Gasteiger partial charge >= 0.3 is 0 Å². The molecule has 1 aliphatic carbocycles. The molecule has 1 fully saturated rings. The molecule has 1 heterocycles. The molecule has 1 aromatic rings. The van der Waals surface area contributed by atoms with Crippen molar-refractivity contribution in [3.63, 3.8) is 0 Å². The minimum absolute atomic E-state index is 0.335. The van der Waals surface area contributed by atoms with E-state index in [-0.39, 0.29) is 0 Å². The van der Waals surface area contributed by atoms with Gasteiger partial charge < -0.3 is 14.4 Å². The summed E-state index contributed by atoms with van der Waals surface area (Å²) < 4.78 is 7.85. The van der Waals surface area contributed by atoms with E-state index < -0.39 is 0 Å². The van der Waals surface area contributed by atoms with E-state index in [0.29, 0.717) is 18.6 Å². The van der Waals surface area contributed by atoms with Crippen molar-refractivity contribution in [1.29, 1.82) is 0 Å². The molecular weight excluding hydrogens is 204 g/mol. The van der Waals surface area contributed by atoms with Crippen LogP contribution < -0.4 is 0 Å². The molecule has 0 aliphatic heterocycles. The number of aliphatic hydroxyl groups is 1. The Hall–Kier alpha value is -0.870. The van der Waals surface area contributed by atoms with Crippen LogP contribution in [0.4, 0.5) is 0 Å². The Kier molecular flexibility index (Phi) is 4.36. The molecule has 0 saturated heterocycles. The van der Waals surface area contributed by atoms with Crippen LogP contribution in [0.25, 0.3) is 0 Å². The molecule has 1 aliphatic rings. The Balaban J connectivity index is 1.60. The molecule has 0 spiro atoms. The van der Waals surface area contributed by atoms with Crippen molar-refractivity contribution in [2.24, 2.45) is 5.92 Å². The second-order valence-electron chi connectivity index (χ2n) is 4.50. The SMILES string of the molecule is OCC1CCC(OCCn2ccnc2)CC1. The number of hydrogen-bond donors (Lipinski definition) is 1. The van der Waals surface area contributed by atoms with Gasteiger partial charge in [0.2, 0.25) is 0 Å². The smallest absolute Gasteiger partial charge is 0.0946 e. The van der Waals surface area contributed by atoms with Crippen LogP contribution in [0.1, 0.15) is 25.7 Å². The van der Waals surface area contributed by atoms with E-state index in [1.165, 1.54) is 0 Å². The second-order valence-corrected chi connectivity index (χ2v) is 4.50. The van der Waals surface area contributed by atoms with Gasteiger partial charge in [0.15, 0.2) is 0 Å². The Morgan fingerprint density at radius 2 is 2.12 bits per heavy atom. The van der Waals surface area contributed by atoms with Crippen molar-refractivity contribution >= 4 is 0 Å². The van der Waals surface area contributed by atoms with E-state index in [0.717, 1.165) is 38.8 Å². The van der Waals surface area contributed by atoms with Gasteiger partial charge in [0, 0.05) is 25.5 Å². The minimum atomic E-state index is 0.335. The molecule has 4 heteroatoms. The lowest BCUT2D eigenvalue weighted by molar-refractivity contribution is 0.00780. The maximum absolute atomic E-state index is 9.03. The molecule has 0 aromatic carbocycles. The summed E-state index contributed by atoms with van der Waals surface area (Å²) in [5, 5.41) is 9.03. The van der Waals surface area contributed by atoms with Crippen molar-refractivity contribution in [3.8, 4) is 0 Å². The van der Waals surface area contributed by atoms with Crippen LogP contribution >= 0.6 is 0 Å². The first kappa shape index (κ1) is 11.6. The van der Waals surface area contributed by atoms with Gasteiger partial charge in [-0.25, -0.2) is 4.98 Å². The number of nitrogens with zero attached hydrogens (tertiary/aromatic N) is 2. The Morgan fingerprint density at radius 1 is 1.31 bits per heavy atom. The van der Waals surface area contributed by atoms with E-state index in [2.05, 4.69) is 4.98 Å². The monoisotopic (exact) mass is 224 g/mol. The van der Waals surface area contributed by atoms with Crippen molar-refractivity contribution in [1.82, 2.24) is 9.55 Å². The molecule has 0 atom stereocenters. The van der Waals surface area contributed by atoms with E-state index >= 15 is 0 Å². The quantitative estimate of drug-likeness (QED) is 0.823. The number of ether oxygens (including phenoxy) is 1. The van der Waals surface area contributed by atoms with Crippen LogP contribution in [0.5, 0.6) is 0 Å². The Labute approximate surface area is 96.3 Å². The van der Waals surface area contributed by atoms with E-state index in [1.54, 1.807) is 6.20 Å². The van der Waals surface area contributed by atoms with Gasteiger partial charge in [-0.2, -0.15) is 0 Å². The lowest BCUT2D eigenvalue weighted by Crippen LogP contribution is -2.24. The number of aliphatic hydroxyl groups excluding tert-OH is 1. The lowest BCUT2D eigenvalue weighted by Gasteiger charge is -2.27. The molecular formula is C12H20N2O2. The zero-order chi connectivity index (χ0) is 11.2. The number of rotatable bonds is 5. The number of imidazole rings is 1. The van der Waals surface area contributed by atoms with Gasteiger partial charge in [-0.1, -0.05) is 0 Å². The average molecular weight is 224 g/mol. The van der Waals surface area contributed by atoms with Crippen molar-refractivity contribution in [2.45, 2.75) is 38.3 Å². The summed E-state index contributed by atoms with van der Waals surface area (Å²) in [6, 6.07) is 0. The summed E-state index contributed by atoms with van der Waals surface area (Å²) in [4.78, 5) is 3.99. The van der Waals surface area contributed by atoms with Crippen molar-refractivity contribution in [3.05, 3.63) is 18.7 Å². The van der Waals surface area contributed by atoms with Crippen LogP contribution in [0.2, 0.25) is 0 Å². The summed E-state index contributed by atoms with van der Waals surface area (Å²) in [5.74, 6) is 0.508. The molecule has 90 valence electrons. The fourth-order valence-corrected chi connectivity index (χ4v) is 2.22. The highest BCUT2D eigenvalue weighted by Crippen LogP contribution is 2.25. The fourth-order valence-electron chi connectivity index (χ4n) is 2.22. The van der Waals surface area contributed by atoms with Crippen LogP contribution in [0.3, 0.4) is 0 Å². The van der Waals surface area contributed by atoms with E-state index in [9.17, 15) is 0 Å². The highest BCUT2D eigenvalue weighted by molar-refractivity contribution is 4.75. The number of aromatic nitrogens is 2. The molecule has 4 nitrogen and oxygen atoms in total. The van der Waals surface area contributed by atoms with Crippen LogP contribution in [-0.2, 0) is 11.3 Å². The summed E-state index contributed by atoms with van der Waals surface area (Å²) in [7, 11) is 0. The topological polar surface area (TPSA) is 47.3 Å². The molecule has 1 saturated carbocycles. The lowest BCUT2D eigenvalue weighted by atomic mass is 9.88. The predicted octanol–water partition coefficient (Wildman–Crippen LogP) is 1.45. The van der Waals surface area contributed by atoms with Gasteiger partial charge in [-0.15, -0.1) is 0 Å². The largest absolute Gasteiger partial charge is 0.396 e. The van der Waals surface area contributed by atoms with E-state index in [4.69, 9.17) is 9.84 Å². The predicted molar refractivity (Wildman–Crippen MR) is 61.0 cm³/mol. The molecule has 16 heavy (non-hydrogen) atoms. The van der Waals surface area contributed by atoms with Crippen LogP contribution in [0.15, 0.2) is 18.7 Å². The second kappa shape index (κ2) is 6.01. The van der Waals surface area contributed by atoms with Gasteiger partial charge in [0.25, 0.3) is 0 Å². The Morgan fingerprint density at radius 3 is 2.75 bits per heavy atom. The van der Waals surface area contributed by atoms with Crippen molar-refractivity contribution < 1.29 is 9.84 Å². The molecule has 1 N–H and O–H groups in total. The summed E-state index contributed by atoms with van der Waals surface area (Å²) >= 11 is 0. The minimum Gasteiger partial charge on any atom is -0.396 e. The molecule has 0 radical (unpaired) electrons. The summed E-state index contributed by atoms with van der Waals surface area (Å²) in [5.41, 5.74) is 0. The number of hydrogen-bond acceptors (Lipinski definition) is 3. The first-order valence-corrected chi connectivity index (χ1v) is 6.06. The zero-order valence-electron chi connectivity index (χ0n) is 9.59. The standard InChI is InChI=1S/C12H20N2O2/c15-9-11-1-3-12(4-2-11)16-8-7-14-6-5-13-10-14/h5-6,10-12,15H,1-4,7-9H2. The molecule has 1 aromatic heterocycles. The summed E-state index contributed by atoms with van der Waals surface area (Å²) in [6.45, 7) is 1.96. The van der Waals surface area contributed by atoms with Gasteiger partial charge in [0.1, 0.15) is 0 Å². The zero-order valence-corrected chi connectivity index (χ0v) is 9.59.